The topological polar surface area (TPSA) is 50.7 Å². The van der Waals surface area contributed by atoms with Crippen molar-refractivity contribution in [3.63, 3.8) is 0 Å². The van der Waals surface area contributed by atoms with Crippen molar-refractivity contribution >= 4 is 16.7 Å². The highest BCUT2D eigenvalue weighted by Crippen LogP contribution is 2.12. The normalized spacial score (nSPS) is 10.2. The Morgan fingerprint density at radius 2 is 2.13 bits per heavy atom. The minimum absolute atomic E-state index is 0.765. The van der Waals surface area contributed by atoms with E-state index in [1.54, 1.807) is 12.4 Å². The summed E-state index contributed by atoms with van der Waals surface area (Å²) in [5.74, 6) is 0.900. The minimum Gasteiger partial charge on any atom is -0.356 e. The molecule has 0 radical (unpaired) electrons. The van der Waals surface area contributed by atoms with E-state index in [1.165, 1.54) is 17.1 Å². The molecule has 2 heterocycles. The molecule has 0 aromatic carbocycles. The van der Waals surface area contributed by atoms with E-state index < -0.39 is 0 Å². The first kappa shape index (κ1) is 10.0. The summed E-state index contributed by atoms with van der Waals surface area (Å²) in [6, 6.07) is 3.96. The number of hydrogen-bond acceptors (Lipinski definition) is 5. The molecule has 0 spiro atoms. The molecule has 0 aliphatic carbocycles. The third-order valence-electron chi connectivity index (χ3n) is 1.98. The molecule has 0 aliphatic rings. The number of anilines is 1. The Balaban J connectivity index is 1.93. The Kier molecular flexibility index (Phi) is 3.24. The first-order valence-corrected chi connectivity index (χ1v) is 5.61. The van der Waals surface area contributed by atoms with Gasteiger partial charge in [0.25, 0.3) is 0 Å². The molecule has 78 valence electrons. The highest BCUT2D eigenvalue weighted by atomic mass is 32.1. The van der Waals surface area contributed by atoms with E-state index in [2.05, 4.69) is 26.6 Å². The summed E-state index contributed by atoms with van der Waals surface area (Å²) < 4.78 is 4.20. The lowest BCUT2D eigenvalue weighted by Crippen LogP contribution is -1.98. The van der Waals surface area contributed by atoms with Crippen molar-refractivity contribution in [1.29, 1.82) is 0 Å². The standard InChI is InChI=1S/C10H12N4S/c1-2-9-13-10(15-14-9)12-7-8-3-5-11-6-4-8/h3-6H,2,7H2,1H3,(H,12,13,14). The Hall–Kier alpha value is -1.49. The number of nitrogens with zero attached hydrogens (tertiary/aromatic N) is 3. The molecule has 2 aromatic rings. The van der Waals surface area contributed by atoms with Crippen LogP contribution in [0.1, 0.15) is 18.3 Å². The Morgan fingerprint density at radius 3 is 2.80 bits per heavy atom. The smallest absolute Gasteiger partial charge is 0.202 e. The molecule has 0 atom stereocenters. The van der Waals surface area contributed by atoms with Gasteiger partial charge in [-0.2, -0.15) is 4.37 Å². The number of pyridine rings is 1. The number of aryl methyl sites for hydroxylation is 1. The molecule has 0 bridgehead atoms. The van der Waals surface area contributed by atoms with Gasteiger partial charge < -0.3 is 5.32 Å². The molecule has 2 rings (SSSR count). The summed E-state index contributed by atoms with van der Waals surface area (Å²) in [6.07, 6.45) is 4.45. The van der Waals surface area contributed by atoms with E-state index in [0.717, 1.165) is 23.9 Å². The maximum absolute atomic E-state index is 4.32. The molecular weight excluding hydrogens is 208 g/mol. The van der Waals surface area contributed by atoms with E-state index in [1.807, 2.05) is 12.1 Å². The van der Waals surface area contributed by atoms with Crippen LogP contribution in [0.3, 0.4) is 0 Å². The molecular formula is C10H12N4S. The van der Waals surface area contributed by atoms with Gasteiger partial charge in [0, 0.05) is 36.9 Å². The summed E-state index contributed by atoms with van der Waals surface area (Å²) in [5.41, 5.74) is 1.19. The average Bonchev–Trinajstić information content (AvgIpc) is 2.76. The van der Waals surface area contributed by atoms with Crippen LogP contribution >= 0.6 is 11.5 Å². The molecule has 5 heteroatoms. The van der Waals surface area contributed by atoms with Crippen LogP contribution in [0.2, 0.25) is 0 Å². The molecule has 2 aromatic heterocycles. The number of nitrogens with one attached hydrogen (secondary N) is 1. The summed E-state index contributed by atoms with van der Waals surface area (Å²) >= 11 is 1.41. The first-order chi connectivity index (χ1) is 7.38. The Bertz CT molecular complexity index is 412. The van der Waals surface area contributed by atoms with E-state index >= 15 is 0 Å². The Labute approximate surface area is 92.6 Å². The molecule has 15 heavy (non-hydrogen) atoms. The van der Waals surface area contributed by atoms with Crippen LogP contribution in [-0.4, -0.2) is 14.3 Å². The van der Waals surface area contributed by atoms with Crippen molar-refractivity contribution in [2.24, 2.45) is 0 Å². The summed E-state index contributed by atoms with van der Waals surface area (Å²) in [6.45, 7) is 2.82. The fourth-order valence-electron chi connectivity index (χ4n) is 1.15. The van der Waals surface area contributed by atoms with Gasteiger partial charge in [-0.05, 0) is 17.7 Å². The summed E-state index contributed by atoms with van der Waals surface area (Å²) in [5, 5.41) is 4.11. The first-order valence-electron chi connectivity index (χ1n) is 4.84. The lowest BCUT2D eigenvalue weighted by Gasteiger charge is -2.00. The molecule has 0 amide bonds. The second kappa shape index (κ2) is 4.84. The maximum atomic E-state index is 4.32. The molecule has 0 fully saturated rings. The third-order valence-corrected chi connectivity index (χ3v) is 2.69. The monoisotopic (exact) mass is 220 g/mol. The molecule has 0 aliphatic heterocycles. The number of rotatable bonds is 4. The highest BCUT2D eigenvalue weighted by molar-refractivity contribution is 7.09. The van der Waals surface area contributed by atoms with Gasteiger partial charge in [0.1, 0.15) is 5.82 Å². The Morgan fingerprint density at radius 1 is 1.33 bits per heavy atom. The predicted molar refractivity (Wildman–Crippen MR) is 60.9 cm³/mol. The molecule has 0 saturated carbocycles. The lowest BCUT2D eigenvalue weighted by atomic mass is 10.3. The largest absolute Gasteiger partial charge is 0.356 e. The molecule has 0 saturated heterocycles. The van der Waals surface area contributed by atoms with E-state index in [0.29, 0.717) is 0 Å². The van der Waals surface area contributed by atoms with E-state index in [-0.39, 0.29) is 0 Å². The average molecular weight is 220 g/mol. The predicted octanol–water partition coefficient (Wildman–Crippen LogP) is 2.11. The van der Waals surface area contributed by atoms with Crippen LogP contribution in [0.25, 0.3) is 0 Å². The zero-order valence-corrected chi connectivity index (χ0v) is 9.29. The van der Waals surface area contributed by atoms with Gasteiger partial charge in [-0.25, -0.2) is 4.98 Å². The zero-order chi connectivity index (χ0) is 10.5. The van der Waals surface area contributed by atoms with Crippen molar-refractivity contribution in [2.75, 3.05) is 5.32 Å². The van der Waals surface area contributed by atoms with Crippen molar-refractivity contribution < 1.29 is 0 Å². The van der Waals surface area contributed by atoms with Gasteiger partial charge in [-0.3, -0.25) is 4.98 Å². The van der Waals surface area contributed by atoms with Gasteiger partial charge >= 0.3 is 0 Å². The quantitative estimate of drug-likeness (QED) is 0.857. The van der Waals surface area contributed by atoms with Gasteiger partial charge in [-0.1, -0.05) is 6.92 Å². The van der Waals surface area contributed by atoms with Gasteiger partial charge in [-0.15, -0.1) is 0 Å². The zero-order valence-electron chi connectivity index (χ0n) is 8.47. The number of hydrogen-bond donors (Lipinski definition) is 1. The van der Waals surface area contributed by atoms with Crippen molar-refractivity contribution in [2.45, 2.75) is 19.9 Å². The molecule has 0 unspecified atom stereocenters. The van der Waals surface area contributed by atoms with Crippen molar-refractivity contribution in [3.05, 3.63) is 35.9 Å². The van der Waals surface area contributed by atoms with Crippen molar-refractivity contribution in [1.82, 2.24) is 14.3 Å². The van der Waals surface area contributed by atoms with Crippen LogP contribution in [0.15, 0.2) is 24.5 Å². The van der Waals surface area contributed by atoms with Gasteiger partial charge in [0.15, 0.2) is 0 Å². The van der Waals surface area contributed by atoms with Crippen LogP contribution in [0.4, 0.5) is 5.13 Å². The lowest BCUT2D eigenvalue weighted by molar-refractivity contribution is 0.992. The fourth-order valence-corrected chi connectivity index (χ4v) is 1.79. The van der Waals surface area contributed by atoms with Gasteiger partial charge in [0.2, 0.25) is 5.13 Å². The van der Waals surface area contributed by atoms with Crippen LogP contribution < -0.4 is 5.32 Å². The summed E-state index contributed by atoms with van der Waals surface area (Å²) in [7, 11) is 0. The second-order valence-electron chi connectivity index (χ2n) is 3.08. The molecule has 1 N–H and O–H groups in total. The fraction of sp³-hybridized carbons (Fsp3) is 0.300. The van der Waals surface area contributed by atoms with Gasteiger partial charge in [0.05, 0.1) is 0 Å². The highest BCUT2D eigenvalue weighted by Gasteiger charge is 2.00. The second-order valence-corrected chi connectivity index (χ2v) is 3.83. The van der Waals surface area contributed by atoms with Crippen LogP contribution in [-0.2, 0) is 13.0 Å². The van der Waals surface area contributed by atoms with Crippen LogP contribution in [0.5, 0.6) is 0 Å². The maximum Gasteiger partial charge on any atom is 0.202 e. The van der Waals surface area contributed by atoms with Crippen LogP contribution in [0, 0.1) is 0 Å². The van der Waals surface area contributed by atoms with E-state index in [4.69, 9.17) is 0 Å². The van der Waals surface area contributed by atoms with Crippen molar-refractivity contribution in [3.8, 4) is 0 Å². The third kappa shape index (κ3) is 2.73. The minimum atomic E-state index is 0.765. The number of aromatic nitrogens is 3. The van der Waals surface area contributed by atoms with E-state index in [9.17, 15) is 0 Å². The summed E-state index contributed by atoms with van der Waals surface area (Å²) in [4.78, 5) is 8.29. The molecule has 4 nitrogen and oxygen atoms in total. The SMILES string of the molecule is CCc1nsc(NCc2ccncc2)n1.